The number of benzene rings is 2. The number of amides is 1. The van der Waals surface area contributed by atoms with Crippen LogP contribution in [-0.4, -0.2) is 33.9 Å². The molecule has 1 saturated carbocycles. The summed E-state index contributed by atoms with van der Waals surface area (Å²) < 4.78 is 7.24. The predicted molar refractivity (Wildman–Crippen MR) is 120 cm³/mol. The number of aryl methyl sites for hydroxylation is 1. The first-order valence-electron chi connectivity index (χ1n) is 10.5. The highest BCUT2D eigenvalue weighted by molar-refractivity contribution is 5.92. The number of carbonyl (C=O) groups is 2. The van der Waals surface area contributed by atoms with E-state index in [9.17, 15) is 9.59 Å². The number of hydrogen-bond acceptors (Lipinski definition) is 5. The molecule has 0 atom stereocenters. The summed E-state index contributed by atoms with van der Waals surface area (Å²) in [6.07, 6.45) is 2.27. The summed E-state index contributed by atoms with van der Waals surface area (Å²) in [6.45, 7) is 0.738. The number of hydrogen-bond donors (Lipinski definition) is 3. The van der Waals surface area contributed by atoms with Crippen LogP contribution in [0.3, 0.4) is 0 Å². The molecule has 0 aliphatic heterocycles. The van der Waals surface area contributed by atoms with E-state index in [0.717, 1.165) is 35.3 Å². The van der Waals surface area contributed by atoms with E-state index in [-0.39, 0.29) is 11.5 Å². The second kappa shape index (κ2) is 9.13. The first kappa shape index (κ1) is 21.4. The van der Waals surface area contributed by atoms with Gasteiger partial charge >= 0.3 is 5.97 Å². The van der Waals surface area contributed by atoms with Crippen molar-refractivity contribution < 1.29 is 19.4 Å². The Kier molecular flexibility index (Phi) is 6.11. The van der Waals surface area contributed by atoms with Crippen LogP contribution in [0.15, 0.2) is 48.5 Å². The number of carboxylic acid groups (broad SMARTS) is 1. The van der Waals surface area contributed by atoms with Gasteiger partial charge in [-0.25, -0.2) is 4.79 Å². The number of anilines is 1. The van der Waals surface area contributed by atoms with E-state index in [1.807, 2.05) is 30.3 Å². The van der Waals surface area contributed by atoms with E-state index >= 15 is 0 Å². The molecule has 1 aliphatic rings. The standard InChI is InChI=1S/C24H26N4O4/c1-28-21(12-20(27-28)16-9-10-16)23(29)26-14-18-7-4-8-19(22(18)32-2)25-13-15-5-3-6-17(11-15)24(30)31/h3-8,11-12,16,25H,9-10,13-14H2,1-2H3,(H,26,29)(H,30,31). The molecule has 1 heterocycles. The fraction of sp³-hybridized carbons (Fsp3) is 0.292. The normalized spacial score (nSPS) is 12.9. The van der Waals surface area contributed by atoms with Crippen LogP contribution >= 0.6 is 0 Å². The van der Waals surface area contributed by atoms with Crippen molar-refractivity contribution in [3.8, 4) is 5.75 Å². The minimum absolute atomic E-state index is 0.183. The van der Waals surface area contributed by atoms with Gasteiger partial charge < -0.3 is 20.5 Å². The first-order chi connectivity index (χ1) is 15.5. The molecule has 2 aromatic carbocycles. The molecule has 3 N–H and O–H groups in total. The number of nitrogens with zero attached hydrogens (tertiary/aromatic N) is 2. The molecule has 1 amide bonds. The molecule has 32 heavy (non-hydrogen) atoms. The van der Waals surface area contributed by atoms with Crippen molar-refractivity contribution in [2.75, 3.05) is 12.4 Å². The third-order valence-corrected chi connectivity index (χ3v) is 5.52. The summed E-state index contributed by atoms with van der Waals surface area (Å²) in [5, 5.41) is 19.9. The van der Waals surface area contributed by atoms with Crippen molar-refractivity contribution >= 4 is 17.6 Å². The van der Waals surface area contributed by atoms with Gasteiger partial charge in [0.1, 0.15) is 11.4 Å². The van der Waals surface area contributed by atoms with Gasteiger partial charge in [-0.2, -0.15) is 5.10 Å². The number of carboxylic acids is 1. The maximum absolute atomic E-state index is 12.7. The van der Waals surface area contributed by atoms with Gasteiger partial charge in [0.15, 0.2) is 0 Å². The topological polar surface area (TPSA) is 105 Å². The minimum Gasteiger partial charge on any atom is -0.494 e. The van der Waals surface area contributed by atoms with Gasteiger partial charge in [0.25, 0.3) is 5.91 Å². The van der Waals surface area contributed by atoms with Crippen molar-refractivity contribution in [1.29, 1.82) is 0 Å². The van der Waals surface area contributed by atoms with Crippen LogP contribution in [0.2, 0.25) is 0 Å². The summed E-state index contributed by atoms with van der Waals surface area (Å²) >= 11 is 0. The highest BCUT2D eigenvalue weighted by atomic mass is 16.5. The van der Waals surface area contributed by atoms with Crippen LogP contribution in [0, 0.1) is 0 Å². The number of carbonyl (C=O) groups excluding carboxylic acids is 1. The zero-order valence-corrected chi connectivity index (χ0v) is 18.1. The molecule has 8 heteroatoms. The van der Waals surface area contributed by atoms with Gasteiger partial charge in [-0.1, -0.05) is 24.3 Å². The molecule has 4 rings (SSSR count). The molecule has 166 valence electrons. The summed E-state index contributed by atoms with van der Waals surface area (Å²) in [5.41, 5.74) is 4.19. The Bertz CT molecular complexity index is 1150. The molecule has 3 aromatic rings. The van der Waals surface area contributed by atoms with Crippen LogP contribution in [0.1, 0.15) is 56.4 Å². The fourth-order valence-electron chi connectivity index (χ4n) is 3.66. The Morgan fingerprint density at radius 1 is 1.16 bits per heavy atom. The SMILES string of the molecule is COc1c(CNC(=O)c2cc(C3CC3)nn2C)cccc1NCc1cccc(C(=O)O)c1. The molecule has 0 bridgehead atoms. The molecule has 1 fully saturated rings. The maximum atomic E-state index is 12.7. The lowest BCUT2D eigenvalue weighted by Gasteiger charge is -2.16. The lowest BCUT2D eigenvalue weighted by atomic mass is 10.1. The van der Waals surface area contributed by atoms with Crippen molar-refractivity contribution in [3.05, 3.63) is 76.6 Å². The van der Waals surface area contributed by atoms with E-state index in [4.69, 9.17) is 9.84 Å². The largest absolute Gasteiger partial charge is 0.494 e. The second-order valence-electron chi connectivity index (χ2n) is 7.89. The van der Waals surface area contributed by atoms with E-state index < -0.39 is 5.97 Å². The van der Waals surface area contributed by atoms with Gasteiger partial charge in [-0.05, 0) is 42.7 Å². The van der Waals surface area contributed by atoms with Crippen LogP contribution < -0.4 is 15.4 Å². The van der Waals surface area contributed by atoms with Crippen LogP contribution in [0.4, 0.5) is 5.69 Å². The lowest BCUT2D eigenvalue weighted by Crippen LogP contribution is -2.25. The predicted octanol–water partition coefficient (Wildman–Crippen LogP) is 3.55. The van der Waals surface area contributed by atoms with Gasteiger partial charge in [0.05, 0.1) is 24.1 Å². The van der Waals surface area contributed by atoms with E-state index in [2.05, 4.69) is 15.7 Å². The number of ether oxygens (including phenoxy) is 1. The monoisotopic (exact) mass is 434 g/mol. The summed E-state index contributed by atoms with van der Waals surface area (Å²) in [6, 6.07) is 14.3. The van der Waals surface area contributed by atoms with Crippen molar-refractivity contribution in [1.82, 2.24) is 15.1 Å². The molecule has 0 radical (unpaired) electrons. The Balaban J connectivity index is 1.43. The zero-order chi connectivity index (χ0) is 22.7. The van der Waals surface area contributed by atoms with E-state index in [1.165, 1.54) is 0 Å². The van der Waals surface area contributed by atoms with Crippen LogP contribution in [0.5, 0.6) is 5.75 Å². The Hall–Kier alpha value is -3.81. The van der Waals surface area contributed by atoms with Crippen LogP contribution in [0.25, 0.3) is 0 Å². The van der Waals surface area contributed by atoms with E-state index in [1.54, 1.807) is 37.0 Å². The molecule has 0 saturated heterocycles. The first-order valence-corrected chi connectivity index (χ1v) is 10.5. The summed E-state index contributed by atoms with van der Waals surface area (Å²) in [4.78, 5) is 23.9. The number of rotatable bonds is 9. The zero-order valence-electron chi connectivity index (χ0n) is 18.1. The number of methoxy groups -OCH3 is 1. The molecule has 8 nitrogen and oxygen atoms in total. The van der Waals surface area contributed by atoms with Gasteiger partial charge in [0, 0.05) is 31.6 Å². The quantitative estimate of drug-likeness (QED) is 0.476. The van der Waals surface area contributed by atoms with Gasteiger partial charge in [-0.3, -0.25) is 9.48 Å². The van der Waals surface area contributed by atoms with Crippen LogP contribution in [-0.2, 0) is 20.1 Å². The average molecular weight is 434 g/mol. The van der Waals surface area contributed by atoms with Gasteiger partial charge in [-0.15, -0.1) is 0 Å². The van der Waals surface area contributed by atoms with Crippen molar-refractivity contribution in [2.45, 2.75) is 31.8 Å². The molecule has 1 aromatic heterocycles. The highest BCUT2D eigenvalue weighted by Crippen LogP contribution is 2.39. The van der Waals surface area contributed by atoms with Crippen molar-refractivity contribution in [2.24, 2.45) is 7.05 Å². The summed E-state index contributed by atoms with van der Waals surface area (Å²) in [5.74, 6) is -0.0229. The number of para-hydroxylation sites is 1. The minimum atomic E-state index is -0.958. The smallest absolute Gasteiger partial charge is 0.335 e. The molecule has 0 spiro atoms. The lowest BCUT2D eigenvalue weighted by molar-refractivity contribution is 0.0696. The molecular weight excluding hydrogens is 408 g/mol. The average Bonchev–Trinajstić information content (AvgIpc) is 3.57. The number of aromatic nitrogens is 2. The highest BCUT2D eigenvalue weighted by Gasteiger charge is 2.28. The van der Waals surface area contributed by atoms with Crippen molar-refractivity contribution in [3.63, 3.8) is 0 Å². The van der Waals surface area contributed by atoms with Gasteiger partial charge in [0.2, 0.25) is 0 Å². The Morgan fingerprint density at radius 3 is 2.66 bits per heavy atom. The number of nitrogens with one attached hydrogen (secondary N) is 2. The molecular formula is C24H26N4O4. The second-order valence-corrected chi connectivity index (χ2v) is 7.89. The molecule has 0 unspecified atom stereocenters. The third kappa shape index (κ3) is 4.74. The summed E-state index contributed by atoms with van der Waals surface area (Å²) in [7, 11) is 3.37. The Morgan fingerprint density at radius 2 is 1.94 bits per heavy atom. The Labute approximate surface area is 186 Å². The maximum Gasteiger partial charge on any atom is 0.335 e. The molecule has 1 aliphatic carbocycles. The third-order valence-electron chi connectivity index (χ3n) is 5.52. The number of aromatic carboxylic acids is 1. The fourth-order valence-corrected chi connectivity index (χ4v) is 3.66. The van der Waals surface area contributed by atoms with E-state index in [0.29, 0.717) is 30.5 Å².